The lowest BCUT2D eigenvalue weighted by Crippen LogP contribution is -2.30. The summed E-state index contributed by atoms with van der Waals surface area (Å²) in [5.74, 6) is 0.0514. The van der Waals surface area contributed by atoms with Crippen LogP contribution in [0.25, 0.3) is 0 Å². The van der Waals surface area contributed by atoms with Gasteiger partial charge in [-0.25, -0.2) is 0 Å². The molecule has 6 heteroatoms. The first kappa shape index (κ1) is 21.3. The Kier molecular flexibility index (Phi) is 8.20. The minimum absolute atomic E-state index is 0.124. The number of carbonyl (C=O) groups is 2. The standard InChI is InChI=1S/C21H25ClN2O2S/c1-4-19(27-16-11-9-15(22)10-12-16)21(26)24-18-8-6-5-7-17(18)20(25)23-13-14(2)3/h5-12,14,19H,4,13H2,1-3H3,(H,23,25)(H,24,26)/t19-/m1/s1. The van der Waals surface area contributed by atoms with Crippen LogP contribution in [0.3, 0.4) is 0 Å². The fourth-order valence-corrected chi connectivity index (χ4v) is 3.48. The van der Waals surface area contributed by atoms with Gasteiger partial charge >= 0.3 is 0 Å². The number of benzene rings is 2. The van der Waals surface area contributed by atoms with Gasteiger partial charge in [-0.2, -0.15) is 0 Å². The van der Waals surface area contributed by atoms with E-state index in [0.29, 0.717) is 35.2 Å². The Morgan fingerprint density at radius 1 is 1.07 bits per heavy atom. The van der Waals surface area contributed by atoms with Gasteiger partial charge in [-0.1, -0.05) is 44.5 Å². The SMILES string of the molecule is CC[C@@H](Sc1ccc(Cl)cc1)C(=O)Nc1ccccc1C(=O)NCC(C)C. The van der Waals surface area contributed by atoms with Gasteiger partial charge in [-0.15, -0.1) is 11.8 Å². The van der Waals surface area contributed by atoms with Crippen molar-refractivity contribution in [3.05, 3.63) is 59.1 Å². The van der Waals surface area contributed by atoms with Crippen LogP contribution in [0.15, 0.2) is 53.4 Å². The average Bonchev–Trinajstić information content (AvgIpc) is 2.66. The molecule has 0 saturated carbocycles. The Balaban J connectivity index is 2.09. The first-order valence-electron chi connectivity index (χ1n) is 9.01. The number of anilines is 1. The zero-order valence-electron chi connectivity index (χ0n) is 15.8. The highest BCUT2D eigenvalue weighted by atomic mass is 35.5. The number of hydrogen-bond acceptors (Lipinski definition) is 3. The van der Waals surface area contributed by atoms with Crippen molar-refractivity contribution in [1.82, 2.24) is 5.32 Å². The monoisotopic (exact) mass is 404 g/mol. The molecular weight excluding hydrogens is 380 g/mol. The predicted molar refractivity (Wildman–Crippen MR) is 114 cm³/mol. The second-order valence-electron chi connectivity index (χ2n) is 6.61. The van der Waals surface area contributed by atoms with Gasteiger partial charge in [-0.3, -0.25) is 9.59 Å². The topological polar surface area (TPSA) is 58.2 Å². The van der Waals surface area contributed by atoms with Crippen LogP contribution >= 0.6 is 23.4 Å². The summed E-state index contributed by atoms with van der Waals surface area (Å²) in [6.45, 7) is 6.63. The number of para-hydroxylation sites is 1. The van der Waals surface area contributed by atoms with E-state index in [4.69, 9.17) is 11.6 Å². The van der Waals surface area contributed by atoms with Gasteiger partial charge in [-0.05, 0) is 48.7 Å². The summed E-state index contributed by atoms with van der Waals surface area (Å²) >= 11 is 7.40. The molecule has 0 heterocycles. The molecule has 2 amide bonds. The summed E-state index contributed by atoms with van der Waals surface area (Å²) < 4.78 is 0. The second-order valence-corrected chi connectivity index (χ2v) is 8.32. The summed E-state index contributed by atoms with van der Waals surface area (Å²) in [7, 11) is 0. The molecule has 0 bridgehead atoms. The van der Waals surface area contributed by atoms with Crippen LogP contribution in [-0.2, 0) is 4.79 Å². The maximum absolute atomic E-state index is 12.8. The molecule has 1 atom stereocenters. The Labute approximate surface area is 170 Å². The molecule has 0 aliphatic rings. The molecule has 27 heavy (non-hydrogen) atoms. The predicted octanol–water partition coefficient (Wildman–Crippen LogP) is 5.24. The van der Waals surface area contributed by atoms with Crippen molar-refractivity contribution < 1.29 is 9.59 Å². The van der Waals surface area contributed by atoms with E-state index in [9.17, 15) is 9.59 Å². The number of amides is 2. The second kappa shape index (κ2) is 10.4. The Bertz CT molecular complexity index is 778. The molecule has 0 aliphatic carbocycles. The highest BCUT2D eigenvalue weighted by Gasteiger charge is 2.20. The van der Waals surface area contributed by atoms with Crippen LogP contribution < -0.4 is 10.6 Å². The van der Waals surface area contributed by atoms with E-state index >= 15 is 0 Å². The Morgan fingerprint density at radius 2 is 1.74 bits per heavy atom. The summed E-state index contributed by atoms with van der Waals surface area (Å²) in [4.78, 5) is 26.2. The molecule has 2 aromatic carbocycles. The lowest BCUT2D eigenvalue weighted by atomic mass is 10.1. The Hall–Kier alpha value is -1.98. The fourth-order valence-electron chi connectivity index (χ4n) is 2.40. The van der Waals surface area contributed by atoms with Crippen molar-refractivity contribution >= 4 is 40.9 Å². The minimum atomic E-state index is -0.266. The lowest BCUT2D eigenvalue weighted by molar-refractivity contribution is -0.115. The van der Waals surface area contributed by atoms with Gasteiger partial charge in [0.15, 0.2) is 0 Å². The molecule has 0 saturated heterocycles. The number of nitrogens with one attached hydrogen (secondary N) is 2. The molecule has 0 spiro atoms. The maximum atomic E-state index is 12.8. The lowest BCUT2D eigenvalue weighted by Gasteiger charge is -2.17. The van der Waals surface area contributed by atoms with E-state index in [1.54, 1.807) is 18.2 Å². The largest absolute Gasteiger partial charge is 0.352 e. The maximum Gasteiger partial charge on any atom is 0.253 e. The number of rotatable bonds is 8. The third-order valence-electron chi connectivity index (χ3n) is 3.86. The van der Waals surface area contributed by atoms with Crippen molar-refractivity contribution in [2.45, 2.75) is 37.3 Å². The first-order valence-corrected chi connectivity index (χ1v) is 10.3. The van der Waals surface area contributed by atoms with E-state index < -0.39 is 0 Å². The van der Waals surface area contributed by atoms with Crippen LogP contribution in [-0.4, -0.2) is 23.6 Å². The van der Waals surface area contributed by atoms with Gasteiger partial charge < -0.3 is 10.6 Å². The zero-order chi connectivity index (χ0) is 19.8. The van der Waals surface area contributed by atoms with E-state index in [-0.39, 0.29) is 17.1 Å². The summed E-state index contributed by atoms with van der Waals surface area (Å²) in [6, 6.07) is 14.5. The highest BCUT2D eigenvalue weighted by Crippen LogP contribution is 2.28. The van der Waals surface area contributed by atoms with E-state index in [1.165, 1.54) is 11.8 Å². The summed E-state index contributed by atoms with van der Waals surface area (Å²) in [6.07, 6.45) is 0.667. The number of hydrogen-bond donors (Lipinski definition) is 2. The molecule has 4 nitrogen and oxygen atoms in total. The van der Waals surface area contributed by atoms with Gasteiger partial charge in [0, 0.05) is 16.5 Å². The summed E-state index contributed by atoms with van der Waals surface area (Å²) in [5, 5.41) is 6.21. The van der Waals surface area contributed by atoms with E-state index in [2.05, 4.69) is 10.6 Å². The van der Waals surface area contributed by atoms with Crippen molar-refractivity contribution in [2.75, 3.05) is 11.9 Å². The molecule has 144 valence electrons. The molecule has 0 radical (unpaired) electrons. The summed E-state index contributed by atoms with van der Waals surface area (Å²) in [5.41, 5.74) is 0.997. The molecule has 0 aromatic heterocycles. The van der Waals surface area contributed by atoms with Crippen LogP contribution in [0.4, 0.5) is 5.69 Å². The van der Waals surface area contributed by atoms with Crippen LogP contribution in [0, 0.1) is 5.92 Å². The van der Waals surface area contributed by atoms with Gasteiger partial charge in [0.2, 0.25) is 5.91 Å². The van der Waals surface area contributed by atoms with Crippen molar-refractivity contribution in [2.24, 2.45) is 5.92 Å². The Morgan fingerprint density at radius 3 is 2.37 bits per heavy atom. The smallest absolute Gasteiger partial charge is 0.253 e. The minimum Gasteiger partial charge on any atom is -0.352 e. The molecular formula is C21H25ClN2O2S. The van der Waals surface area contributed by atoms with Crippen molar-refractivity contribution in [3.8, 4) is 0 Å². The van der Waals surface area contributed by atoms with Crippen molar-refractivity contribution in [1.29, 1.82) is 0 Å². The van der Waals surface area contributed by atoms with E-state index in [0.717, 1.165) is 4.90 Å². The molecule has 2 N–H and O–H groups in total. The van der Waals surface area contributed by atoms with Crippen LogP contribution in [0.5, 0.6) is 0 Å². The average molecular weight is 405 g/mol. The fraction of sp³-hybridized carbons (Fsp3) is 0.333. The third kappa shape index (κ3) is 6.60. The quantitative estimate of drug-likeness (QED) is 0.592. The number of thioether (sulfide) groups is 1. The van der Waals surface area contributed by atoms with Crippen molar-refractivity contribution in [3.63, 3.8) is 0 Å². The third-order valence-corrected chi connectivity index (χ3v) is 5.48. The molecule has 2 rings (SSSR count). The molecule has 0 aliphatic heterocycles. The normalized spacial score (nSPS) is 11.9. The van der Waals surface area contributed by atoms with Gasteiger partial charge in [0.1, 0.15) is 0 Å². The highest BCUT2D eigenvalue weighted by molar-refractivity contribution is 8.00. The van der Waals surface area contributed by atoms with Gasteiger partial charge in [0.05, 0.1) is 16.5 Å². The number of carbonyl (C=O) groups excluding carboxylic acids is 2. The van der Waals surface area contributed by atoms with Crippen LogP contribution in [0.1, 0.15) is 37.6 Å². The molecule has 0 fully saturated rings. The number of halogens is 1. The molecule has 0 unspecified atom stereocenters. The molecule has 2 aromatic rings. The van der Waals surface area contributed by atoms with E-state index in [1.807, 2.05) is 51.1 Å². The first-order chi connectivity index (χ1) is 12.9. The zero-order valence-corrected chi connectivity index (χ0v) is 17.4. The van der Waals surface area contributed by atoms with Crippen LogP contribution in [0.2, 0.25) is 5.02 Å². The van der Waals surface area contributed by atoms with Gasteiger partial charge in [0.25, 0.3) is 5.91 Å².